The lowest BCUT2D eigenvalue weighted by Crippen LogP contribution is -2.37. The third-order valence-electron chi connectivity index (χ3n) is 5.14. The minimum Gasteiger partial charge on any atom is -0.504 e. The number of aromatic hydroxyl groups is 3. The van der Waals surface area contributed by atoms with Crippen LogP contribution in [0.3, 0.4) is 0 Å². The molecule has 1 heterocycles. The number of phenols is 3. The Labute approximate surface area is 227 Å². The highest BCUT2D eigenvalue weighted by Crippen LogP contribution is 2.43. The lowest BCUT2D eigenvalue weighted by atomic mass is 10.1. The smallest absolute Gasteiger partial charge is 0.445 e. The fraction of sp³-hybridized carbons (Fsp3) is 0.0833. The Morgan fingerprint density at radius 3 is 1.90 bits per heavy atom. The molecule has 0 saturated carbocycles. The molecule has 2 atom stereocenters. The van der Waals surface area contributed by atoms with Gasteiger partial charge in [-0.05, 0) is 59.7 Å². The molecule has 0 radical (unpaired) electrons. The highest BCUT2D eigenvalue weighted by Gasteiger charge is 2.36. The lowest BCUT2D eigenvalue weighted by Gasteiger charge is -2.34. The first-order valence-corrected chi connectivity index (χ1v) is 13.6. The summed E-state index contributed by atoms with van der Waals surface area (Å²) < 4.78 is 86.2. The average Bonchev–Trinajstić information content (AvgIpc) is 2.85. The number of benzene rings is 3. The van der Waals surface area contributed by atoms with Crippen molar-refractivity contribution >= 4 is 33.0 Å². The molecule has 0 unspecified atom stereocenters. The van der Waals surface area contributed by atoms with Gasteiger partial charge in [-0.3, -0.25) is 9.11 Å². The van der Waals surface area contributed by atoms with Gasteiger partial charge < -0.3 is 37.9 Å². The predicted octanol–water partition coefficient (Wildman–Crippen LogP) is 3.30. The Bertz CT molecular complexity index is 1680. The van der Waals surface area contributed by atoms with Crippen LogP contribution in [-0.2, 0) is 29.2 Å². The SMILES string of the molecule is O=S(=O)(O)OC=Cc1ccc(O[C@H]2Oc3ccc(C=COS(=O)(=O)O)cc3O[C@@H]2c2ccc(O)c(O)c2)c(O)c1. The van der Waals surface area contributed by atoms with Crippen LogP contribution in [0.5, 0.6) is 34.5 Å². The van der Waals surface area contributed by atoms with Gasteiger partial charge in [0.1, 0.15) is 12.5 Å². The molecule has 0 spiro atoms. The summed E-state index contributed by atoms with van der Waals surface area (Å²) in [6, 6.07) is 12.3. The van der Waals surface area contributed by atoms with Crippen LogP contribution in [-0.4, -0.2) is 47.6 Å². The van der Waals surface area contributed by atoms with E-state index in [1.165, 1.54) is 60.7 Å². The van der Waals surface area contributed by atoms with Crippen molar-refractivity contribution in [1.82, 2.24) is 0 Å². The maximum absolute atomic E-state index is 10.7. The van der Waals surface area contributed by atoms with Gasteiger partial charge in [0.15, 0.2) is 40.6 Å². The standard InChI is InChI=1S/C24H20O14S2/c25-17-4-3-16(13-18(17)26)23-24(37-20-5-1-14(11-19(20)27)7-9-34-39(28,29)30)38-21-6-2-15(12-22(21)36-23)8-10-35-40(31,32)33/h1-13,23-27H,(H,28,29,30)(H,31,32,33)/t23-,24+/m1/s1. The Morgan fingerprint density at radius 2 is 1.30 bits per heavy atom. The molecule has 212 valence electrons. The van der Waals surface area contributed by atoms with E-state index in [1.54, 1.807) is 0 Å². The molecule has 4 rings (SSSR count). The molecule has 14 nitrogen and oxygen atoms in total. The summed E-state index contributed by atoms with van der Waals surface area (Å²) in [5.74, 6) is -0.914. The molecule has 0 aliphatic carbocycles. The second kappa shape index (κ2) is 11.2. The Morgan fingerprint density at radius 1 is 0.675 bits per heavy atom. The molecule has 3 aromatic rings. The van der Waals surface area contributed by atoms with Gasteiger partial charge in [0.2, 0.25) is 0 Å². The summed E-state index contributed by atoms with van der Waals surface area (Å²) in [5, 5.41) is 30.2. The minimum atomic E-state index is -4.69. The van der Waals surface area contributed by atoms with Crippen molar-refractivity contribution in [2.75, 3.05) is 0 Å². The number of hydrogen-bond donors (Lipinski definition) is 5. The van der Waals surface area contributed by atoms with Crippen LogP contribution in [0.4, 0.5) is 0 Å². The second-order valence-corrected chi connectivity index (χ2v) is 10.1. The zero-order valence-electron chi connectivity index (χ0n) is 19.9. The van der Waals surface area contributed by atoms with Gasteiger partial charge in [-0.25, -0.2) is 0 Å². The third-order valence-corrected chi connectivity index (χ3v) is 5.85. The average molecular weight is 597 g/mol. The molecule has 5 N–H and O–H groups in total. The molecule has 1 aliphatic rings. The van der Waals surface area contributed by atoms with E-state index in [1.807, 2.05) is 0 Å². The van der Waals surface area contributed by atoms with E-state index in [-0.39, 0.29) is 28.7 Å². The van der Waals surface area contributed by atoms with Crippen LogP contribution in [0.2, 0.25) is 0 Å². The molecule has 0 fully saturated rings. The van der Waals surface area contributed by atoms with Crippen molar-refractivity contribution in [3.8, 4) is 34.5 Å². The maximum atomic E-state index is 10.7. The lowest BCUT2D eigenvalue weighted by molar-refractivity contribution is -0.0988. The van der Waals surface area contributed by atoms with Gasteiger partial charge >= 0.3 is 20.8 Å². The summed E-state index contributed by atoms with van der Waals surface area (Å²) in [7, 11) is -9.38. The first-order chi connectivity index (χ1) is 18.8. The predicted molar refractivity (Wildman–Crippen MR) is 136 cm³/mol. The molecule has 1 aliphatic heterocycles. The monoisotopic (exact) mass is 596 g/mol. The Balaban J connectivity index is 1.62. The normalized spacial score (nSPS) is 17.1. The van der Waals surface area contributed by atoms with Crippen molar-refractivity contribution in [1.29, 1.82) is 0 Å². The van der Waals surface area contributed by atoms with Crippen LogP contribution < -0.4 is 14.2 Å². The van der Waals surface area contributed by atoms with Crippen LogP contribution in [0.1, 0.15) is 22.8 Å². The van der Waals surface area contributed by atoms with Crippen molar-refractivity contribution in [3.63, 3.8) is 0 Å². The Kier molecular flexibility index (Phi) is 7.96. The fourth-order valence-electron chi connectivity index (χ4n) is 3.44. The van der Waals surface area contributed by atoms with Crippen molar-refractivity contribution in [3.05, 3.63) is 83.8 Å². The number of fused-ring (bicyclic) bond motifs is 1. The first-order valence-electron chi connectivity index (χ1n) is 10.9. The van der Waals surface area contributed by atoms with Gasteiger partial charge in [0, 0.05) is 5.56 Å². The molecule has 3 aromatic carbocycles. The van der Waals surface area contributed by atoms with Crippen LogP contribution >= 0.6 is 0 Å². The zero-order valence-corrected chi connectivity index (χ0v) is 21.5. The largest absolute Gasteiger partial charge is 0.504 e. The van der Waals surface area contributed by atoms with E-state index in [9.17, 15) is 32.2 Å². The molecule has 0 aromatic heterocycles. The molecule has 16 heteroatoms. The van der Waals surface area contributed by atoms with E-state index in [4.69, 9.17) is 23.3 Å². The van der Waals surface area contributed by atoms with Crippen LogP contribution in [0.15, 0.2) is 67.1 Å². The van der Waals surface area contributed by atoms with Crippen molar-refractivity contribution < 1.29 is 63.8 Å². The molecule has 0 saturated heterocycles. The van der Waals surface area contributed by atoms with E-state index >= 15 is 0 Å². The fourth-order valence-corrected chi connectivity index (χ4v) is 3.83. The van der Waals surface area contributed by atoms with Crippen LogP contribution in [0.25, 0.3) is 12.2 Å². The maximum Gasteiger partial charge on any atom is 0.445 e. The zero-order chi connectivity index (χ0) is 29.1. The first kappa shape index (κ1) is 28.4. The molecule has 40 heavy (non-hydrogen) atoms. The van der Waals surface area contributed by atoms with Gasteiger partial charge in [0.25, 0.3) is 6.29 Å². The topological polar surface area (TPSA) is 216 Å². The van der Waals surface area contributed by atoms with Crippen LogP contribution in [0, 0.1) is 0 Å². The highest BCUT2D eigenvalue weighted by atomic mass is 32.3. The summed E-state index contributed by atoms with van der Waals surface area (Å²) in [5.41, 5.74) is 0.998. The van der Waals surface area contributed by atoms with E-state index in [0.717, 1.165) is 12.3 Å². The van der Waals surface area contributed by atoms with E-state index in [2.05, 4.69) is 8.37 Å². The van der Waals surface area contributed by atoms with Crippen molar-refractivity contribution in [2.45, 2.75) is 12.4 Å². The van der Waals surface area contributed by atoms with Gasteiger partial charge in [0.05, 0.1) is 0 Å². The molecular formula is C24H20O14S2. The number of hydrogen-bond acceptors (Lipinski definition) is 12. The molecule has 0 amide bonds. The van der Waals surface area contributed by atoms with Crippen molar-refractivity contribution in [2.24, 2.45) is 0 Å². The van der Waals surface area contributed by atoms with Gasteiger partial charge in [-0.2, -0.15) is 16.8 Å². The minimum absolute atomic E-state index is 0.0696. The van der Waals surface area contributed by atoms with Gasteiger partial charge in [-0.15, -0.1) is 0 Å². The summed E-state index contributed by atoms with van der Waals surface area (Å²) in [6.07, 6.45) is 1.51. The summed E-state index contributed by atoms with van der Waals surface area (Å²) in [4.78, 5) is 0. The number of ether oxygens (including phenoxy) is 3. The third kappa shape index (κ3) is 7.48. The quantitative estimate of drug-likeness (QED) is 0.136. The van der Waals surface area contributed by atoms with Gasteiger partial charge in [-0.1, -0.05) is 18.2 Å². The second-order valence-electron chi connectivity index (χ2n) is 7.98. The van der Waals surface area contributed by atoms with E-state index < -0.39 is 38.9 Å². The molecular weight excluding hydrogens is 576 g/mol. The number of rotatable bonds is 9. The Hall–Kier alpha value is -4.64. The number of phenolic OH excluding ortho intramolecular Hbond substituents is 3. The summed E-state index contributed by atoms with van der Waals surface area (Å²) in [6.45, 7) is 0. The highest BCUT2D eigenvalue weighted by molar-refractivity contribution is 7.81. The molecule has 0 bridgehead atoms. The van der Waals surface area contributed by atoms with E-state index in [0.29, 0.717) is 23.0 Å². The summed E-state index contributed by atoms with van der Waals surface area (Å²) >= 11 is 0.